The first-order valence-corrected chi connectivity index (χ1v) is 8.68. The van der Waals surface area contributed by atoms with Gasteiger partial charge >= 0.3 is 0 Å². The molecule has 5 heteroatoms. The van der Waals surface area contributed by atoms with Gasteiger partial charge in [0.15, 0.2) is 0 Å². The first kappa shape index (κ1) is 12.7. The Morgan fingerprint density at radius 1 is 1.50 bits per heavy atom. The van der Waals surface area contributed by atoms with Crippen molar-refractivity contribution in [2.45, 2.75) is 42.3 Å². The van der Waals surface area contributed by atoms with Crippen molar-refractivity contribution in [3.05, 3.63) is 33.1 Å². The second-order valence-electron chi connectivity index (χ2n) is 4.61. The number of thiazole rings is 1. The van der Waals surface area contributed by atoms with E-state index in [1.807, 2.05) is 29.3 Å². The molecule has 0 saturated carbocycles. The van der Waals surface area contributed by atoms with Gasteiger partial charge in [-0.1, -0.05) is 6.92 Å². The molecule has 2 nitrogen and oxygen atoms in total. The molecule has 1 unspecified atom stereocenters. The summed E-state index contributed by atoms with van der Waals surface area (Å²) in [7, 11) is 0. The molecule has 0 fully saturated rings. The summed E-state index contributed by atoms with van der Waals surface area (Å²) in [6, 6.07) is 2.78. The number of aryl methyl sites for hydroxylation is 1. The maximum absolute atomic E-state index is 4.31. The van der Waals surface area contributed by atoms with Crippen molar-refractivity contribution in [3.63, 3.8) is 0 Å². The number of aromatic nitrogens is 1. The fourth-order valence-electron chi connectivity index (χ4n) is 2.25. The SMILES string of the molecule is Cc1ncc(CNC2C[C@H](C)Sc3sccc32)s1. The summed E-state index contributed by atoms with van der Waals surface area (Å²) < 4.78 is 1.49. The summed E-state index contributed by atoms with van der Waals surface area (Å²) in [5, 5.41) is 7.75. The van der Waals surface area contributed by atoms with E-state index in [0.29, 0.717) is 11.3 Å². The number of thiophene rings is 1. The van der Waals surface area contributed by atoms with E-state index in [1.165, 1.54) is 21.1 Å². The van der Waals surface area contributed by atoms with E-state index in [-0.39, 0.29) is 0 Å². The molecule has 0 saturated heterocycles. The Balaban J connectivity index is 1.70. The molecule has 96 valence electrons. The van der Waals surface area contributed by atoms with Crippen molar-refractivity contribution in [2.24, 2.45) is 0 Å². The normalized spacial score (nSPS) is 23.0. The summed E-state index contributed by atoms with van der Waals surface area (Å²) in [5.41, 5.74) is 1.49. The lowest BCUT2D eigenvalue weighted by Crippen LogP contribution is -2.25. The Bertz CT molecular complexity index is 532. The molecule has 18 heavy (non-hydrogen) atoms. The largest absolute Gasteiger partial charge is 0.305 e. The molecule has 0 aliphatic carbocycles. The molecule has 1 N–H and O–H groups in total. The van der Waals surface area contributed by atoms with Crippen molar-refractivity contribution in [2.75, 3.05) is 0 Å². The molecule has 0 radical (unpaired) electrons. The highest BCUT2D eigenvalue weighted by atomic mass is 32.2. The predicted octanol–water partition coefficient (Wildman–Crippen LogP) is 4.23. The smallest absolute Gasteiger partial charge is 0.0897 e. The van der Waals surface area contributed by atoms with Crippen molar-refractivity contribution >= 4 is 34.4 Å². The van der Waals surface area contributed by atoms with Crippen molar-refractivity contribution in [3.8, 4) is 0 Å². The topological polar surface area (TPSA) is 24.9 Å². The highest BCUT2D eigenvalue weighted by Gasteiger charge is 2.25. The van der Waals surface area contributed by atoms with Gasteiger partial charge in [-0.15, -0.1) is 34.4 Å². The monoisotopic (exact) mass is 296 g/mol. The standard InChI is InChI=1S/C13H16N2S3/c1-8-5-12(11-3-4-16-13(11)17-8)15-7-10-6-14-9(2)18-10/h3-4,6,8,12,15H,5,7H2,1-2H3/t8-,12?/m0/s1. The molecule has 3 rings (SSSR count). The lowest BCUT2D eigenvalue weighted by Gasteiger charge is -2.27. The van der Waals surface area contributed by atoms with Crippen LogP contribution in [0, 0.1) is 6.92 Å². The summed E-state index contributed by atoms with van der Waals surface area (Å²) in [5.74, 6) is 0. The van der Waals surface area contributed by atoms with Crippen LogP contribution in [0.1, 0.15) is 34.8 Å². The third kappa shape index (κ3) is 2.64. The Hall–Kier alpha value is -0.360. The van der Waals surface area contributed by atoms with Crippen molar-refractivity contribution in [1.82, 2.24) is 10.3 Å². The van der Waals surface area contributed by atoms with Crippen LogP contribution in [-0.4, -0.2) is 10.2 Å². The van der Waals surface area contributed by atoms with Crippen LogP contribution >= 0.6 is 34.4 Å². The molecule has 0 aromatic carbocycles. The van der Waals surface area contributed by atoms with Gasteiger partial charge in [0.1, 0.15) is 0 Å². The van der Waals surface area contributed by atoms with E-state index in [0.717, 1.165) is 11.6 Å². The average Bonchev–Trinajstić information content (AvgIpc) is 2.94. The quantitative estimate of drug-likeness (QED) is 0.917. The summed E-state index contributed by atoms with van der Waals surface area (Å²) in [4.78, 5) is 5.63. The molecule has 1 aliphatic rings. The first-order chi connectivity index (χ1) is 8.72. The van der Waals surface area contributed by atoms with Gasteiger partial charge in [-0.05, 0) is 30.4 Å². The minimum atomic E-state index is 0.505. The van der Waals surface area contributed by atoms with Gasteiger partial charge in [0.05, 0.1) is 9.22 Å². The van der Waals surface area contributed by atoms with E-state index in [4.69, 9.17) is 0 Å². The highest BCUT2D eigenvalue weighted by molar-refractivity contribution is 8.01. The third-order valence-electron chi connectivity index (χ3n) is 3.10. The lowest BCUT2D eigenvalue weighted by molar-refractivity contribution is 0.490. The minimum Gasteiger partial charge on any atom is -0.305 e. The van der Waals surface area contributed by atoms with Gasteiger partial charge in [-0.3, -0.25) is 0 Å². The van der Waals surface area contributed by atoms with Crippen LogP contribution < -0.4 is 5.32 Å². The highest BCUT2D eigenvalue weighted by Crippen LogP contribution is 2.43. The Labute approximate surface area is 120 Å². The molecule has 2 aromatic rings. The second-order valence-corrected chi connectivity index (χ2v) is 8.55. The summed E-state index contributed by atoms with van der Waals surface area (Å²) in [6.45, 7) is 5.31. The summed E-state index contributed by atoms with van der Waals surface area (Å²) >= 11 is 5.67. The number of fused-ring (bicyclic) bond motifs is 1. The first-order valence-electron chi connectivity index (χ1n) is 6.11. The fourth-order valence-corrected chi connectivity index (χ4v) is 5.57. The molecule has 1 aliphatic heterocycles. The van der Waals surface area contributed by atoms with E-state index in [1.54, 1.807) is 11.3 Å². The number of thioether (sulfide) groups is 1. The van der Waals surface area contributed by atoms with Crippen LogP contribution in [0.25, 0.3) is 0 Å². The van der Waals surface area contributed by atoms with E-state index in [9.17, 15) is 0 Å². The van der Waals surface area contributed by atoms with Gasteiger partial charge in [-0.2, -0.15) is 0 Å². The number of hydrogen-bond acceptors (Lipinski definition) is 5. The van der Waals surface area contributed by atoms with Crippen LogP contribution in [0.2, 0.25) is 0 Å². The third-order valence-corrected chi connectivity index (χ3v) is 6.36. The molecular weight excluding hydrogens is 280 g/mol. The Morgan fingerprint density at radius 2 is 2.39 bits per heavy atom. The maximum atomic E-state index is 4.31. The van der Waals surface area contributed by atoms with Crippen LogP contribution in [-0.2, 0) is 6.54 Å². The lowest BCUT2D eigenvalue weighted by atomic mass is 10.0. The predicted molar refractivity (Wildman–Crippen MR) is 80.7 cm³/mol. The molecule has 3 heterocycles. The van der Waals surface area contributed by atoms with Gasteiger partial charge < -0.3 is 5.32 Å². The average molecular weight is 296 g/mol. The van der Waals surface area contributed by atoms with Crippen LogP contribution in [0.3, 0.4) is 0 Å². The number of nitrogens with zero attached hydrogens (tertiary/aromatic N) is 1. The fraction of sp³-hybridized carbons (Fsp3) is 0.462. The minimum absolute atomic E-state index is 0.505. The molecule has 0 amide bonds. The Kier molecular flexibility index (Phi) is 3.75. The molecule has 2 atom stereocenters. The molecule has 0 bridgehead atoms. The van der Waals surface area contributed by atoms with Crippen LogP contribution in [0.5, 0.6) is 0 Å². The van der Waals surface area contributed by atoms with Gasteiger partial charge in [-0.25, -0.2) is 4.98 Å². The zero-order valence-electron chi connectivity index (χ0n) is 10.5. The van der Waals surface area contributed by atoms with Gasteiger partial charge in [0.25, 0.3) is 0 Å². The van der Waals surface area contributed by atoms with Gasteiger partial charge in [0.2, 0.25) is 0 Å². The molecule has 0 spiro atoms. The second kappa shape index (κ2) is 5.33. The molecule has 2 aromatic heterocycles. The van der Waals surface area contributed by atoms with Gasteiger partial charge in [0, 0.05) is 28.9 Å². The number of hydrogen-bond donors (Lipinski definition) is 1. The maximum Gasteiger partial charge on any atom is 0.0897 e. The van der Waals surface area contributed by atoms with Crippen molar-refractivity contribution in [1.29, 1.82) is 0 Å². The van der Waals surface area contributed by atoms with Crippen LogP contribution in [0.15, 0.2) is 21.9 Å². The molecular formula is C13H16N2S3. The summed E-state index contributed by atoms with van der Waals surface area (Å²) in [6.07, 6.45) is 3.20. The number of nitrogens with one attached hydrogen (secondary N) is 1. The van der Waals surface area contributed by atoms with E-state index < -0.39 is 0 Å². The Morgan fingerprint density at radius 3 is 3.17 bits per heavy atom. The van der Waals surface area contributed by atoms with Crippen LogP contribution in [0.4, 0.5) is 0 Å². The zero-order valence-corrected chi connectivity index (χ0v) is 12.9. The van der Waals surface area contributed by atoms with E-state index in [2.05, 4.69) is 35.6 Å². The van der Waals surface area contributed by atoms with Crippen molar-refractivity contribution < 1.29 is 0 Å². The zero-order chi connectivity index (χ0) is 12.5. The van der Waals surface area contributed by atoms with E-state index >= 15 is 0 Å². The number of rotatable bonds is 3.